The standard InChI is InChI=1S/C22H28O3Si/c1-22(2,3)26(18-10-6-4-7-11-18,19-12-8-5-9-13-19)23-16-17-14-15-20-21(24-17)25-20/h4-13,17,20-21H,14-16H2,1-3H3/t17-,20-,21+/m0/s1. The molecule has 4 heteroatoms. The fourth-order valence-electron chi connectivity index (χ4n) is 4.16. The second-order valence-electron chi connectivity index (χ2n) is 8.35. The van der Waals surface area contributed by atoms with E-state index in [2.05, 4.69) is 81.4 Å². The van der Waals surface area contributed by atoms with Gasteiger partial charge in [-0.3, -0.25) is 0 Å². The summed E-state index contributed by atoms with van der Waals surface area (Å²) in [5.41, 5.74) is 0. The van der Waals surface area contributed by atoms with Gasteiger partial charge in [-0.15, -0.1) is 0 Å². The fraction of sp³-hybridized carbons (Fsp3) is 0.455. The first-order valence-electron chi connectivity index (χ1n) is 9.57. The van der Waals surface area contributed by atoms with Gasteiger partial charge in [0.1, 0.15) is 6.10 Å². The van der Waals surface area contributed by atoms with Gasteiger partial charge in [-0.2, -0.15) is 0 Å². The maximum atomic E-state index is 6.93. The second kappa shape index (κ2) is 6.93. The summed E-state index contributed by atoms with van der Waals surface area (Å²) in [4.78, 5) is 0. The SMILES string of the molecule is CC(C)(C)[Si](OC[C@@H]1CC[C@@H]2O[C@H]2O1)(c1ccccc1)c1ccccc1. The largest absolute Gasteiger partial charge is 0.405 e. The van der Waals surface area contributed by atoms with Crippen LogP contribution in [0.3, 0.4) is 0 Å². The van der Waals surface area contributed by atoms with E-state index in [-0.39, 0.29) is 17.4 Å². The zero-order valence-corrected chi connectivity index (χ0v) is 16.9. The molecule has 0 amide bonds. The molecule has 3 nitrogen and oxygen atoms in total. The van der Waals surface area contributed by atoms with Gasteiger partial charge in [-0.05, 0) is 28.3 Å². The maximum Gasteiger partial charge on any atom is 0.261 e. The number of rotatable bonds is 5. The number of fused-ring (bicyclic) bond motifs is 1. The molecule has 4 rings (SSSR count). The van der Waals surface area contributed by atoms with Gasteiger partial charge in [0.15, 0.2) is 6.29 Å². The fourth-order valence-corrected chi connectivity index (χ4v) is 8.75. The molecular weight excluding hydrogens is 340 g/mol. The Morgan fingerprint density at radius 1 is 0.885 bits per heavy atom. The lowest BCUT2D eigenvalue weighted by Crippen LogP contribution is -2.67. The van der Waals surface area contributed by atoms with Gasteiger partial charge in [0.05, 0.1) is 12.7 Å². The summed E-state index contributed by atoms with van der Waals surface area (Å²) in [6.45, 7) is 7.54. The lowest BCUT2D eigenvalue weighted by molar-refractivity contribution is -0.0433. The van der Waals surface area contributed by atoms with Crippen LogP contribution in [0.5, 0.6) is 0 Å². The average molecular weight is 369 g/mol. The van der Waals surface area contributed by atoms with Crippen LogP contribution in [0.15, 0.2) is 60.7 Å². The molecular formula is C22H28O3Si. The first-order chi connectivity index (χ1) is 12.5. The molecule has 0 saturated carbocycles. The average Bonchev–Trinajstić information content (AvgIpc) is 3.42. The van der Waals surface area contributed by atoms with Crippen LogP contribution >= 0.6 is 0 Å². The van der Waals surface area contributed by atoms with Gasteiger partial charge in [0.2, 0.25) is 0 Å². The van der Waals surface area contributed by atoms with Gasteiger partial charge in [0.25, 0.3) is 8.32 Å². The van der Waals surface area contributed by atoms with E-state index in [0.29, 0.717) is 12.7 Å². The van der Waals surface area contributed by atoms with Gasteiger partial charge < -0.3 is 13.9 Å². The Morgan fingerprint density at radius 2 is 1.46 bits per heavy atom. The van der Waals surface area contributed by atoms with Crippen LogP contribution in [-0.2, 0) is 13.9 Å². The van der Waals surface area contributed by atoms with Crippen LogP contribution in [0.25, 0.3) is 0 Å². The summed E-state index contributed by atoms with van der Waals surface area (Å²) in [6, 6.07) is 21.5. The Kier molecular flexibility index (Phi) is 4.78. The zero-order valence-electron chi connectivity index (χ0n) is 15.9. The molecule has 0 spiro atoms. The number of ether oxygens (including phenoxy) is 2. The van der Waals surface area contributed by atoms with Crippen LogP contribution in [0.2, 0.25) is 5.04 Å². The number of hydrogen-bond donors (Lipinski definition) is 0. The van der Waals surface area contributed by atoms with E-state index in [1.54, 1.807) is 0 Å². The lowest BCUT2D eigenvalue weighted by Gasteiger charge is -2.43. The molecule has 2 saturated heterocycles. The quantitative estimate of drug-likeness (QED) is 0.598. The molecule has 26 heavy (non-hydrogen) atoms. The van der Waals surface area contributed by atoms with Crippen molar-refractivity contribution in [2.24, 2.45) is 0 Å². The predicted octanol–water partition coefficient (Wildman–Crippen LogP) is 3.47. The number of benzene rings is 2. The van der Waals surface area contributed by atoms with Crippen molar-refractivity contribution in [3.8, 4) is 0 Å². The lowest BCUT2D eigenvalue weighted by atomic mass is 10.1. The number of hydrogen-bond acceptors (Lipinski definition) is 3. The maximum absolute atomic E-state index is 6.93. The molecule has 2 heterocycles. The Balaban J connectivity index is 1.70. The molecule has 0 radical (unpaired) electrons. The highest BCUT2D eigenvalue weighted by molar-refractivity contribution is 6.99. The van der Waals surface area contributed by atoms with Crippen molar-refractivity contribution in [3.05, 3.63) is 60.7 Å². The highest BCUT2D eigenvalue weighted by Crippen LogP contribution is 2.39. The highest BCUT2D eigenvalue weighted by atomic mass is 28.4. The molecule has 3 atom stereocenters. The van der Waals surface area contributed by atoms with Gasteiger partial charge in [-0.1, -0.05) is 81.4 Å². The van der Waals surface area contributed by atoms with E-state index in [1.807, 2.05) is 0 Å². The Morgan fingerprint density at radius 3 is 1.96 bits per heavy atom. The molecule has 0 aromatic heterocycles. The summed E-state index contributed by atoms with van der Waals surface area (Å²) in [7, 11) is -2.46. The Bertz CT molecular complexity index is 687. The van der Waals surface area contributed by atoms with Crippen molar-refractivity contribution < 1.29 is 13.9 Å². The molecule has 2 aliphatic heterocycles. The third kappa shape index (κ3) is 3.27. The van der Waals surface area contributed by atoms with Crippen molar-refractivity contribution >= 4 is 18.7 Å². The topological polar surface area (TPSA) is 31.0 Å². The third-order valence-electron chi connectivity index (χ3n) is 5.54. The van der Waals surface area contributed by atoms with Crippen molar-refractivity contribution in [2.75, 3.05) is 6.61 Å². The zero-order chi connectivity index (χ0) is 18.2. The summed E-state index contributed by atoms with van der Waals surface area (Å²) >= 11 is 0. The normalized spacial score (nSPS) is 25.6. The molecule has 0 bridgehead atoms. The van der Waals surface area contributed by atoms with Crippen molar-refractivity contribution in [3.63, 3.8) is 0 Å². The van der Waals surface area contributed by atoms with Crippen LogP contribution in [0, 0.1) is 0 Å². The Labute approximate surface area is 157 Å². The van der Waals surface area contributed by atoms with Gasteiger partial charge in [0, 0.05) is 0 Å². The van der Waals surface area contributed by atoms with E-state index >= 15 is 0 Å². The molecule has 0 unspecified atom stereocenters. The van der Waals surface area contributed by atoms with Crippen LogP contribution < -0.4 is 10.4 Å². The Hall–Kier alpha value is -1.46. The minimum absolute atomic E-state index is 0.00297. The molecule has 2 aromatic carbocycles. The number of epoxide rings is 1. The van der Waals surface area contributed by atoms with Gasteiger partial charge in [-0.25, -0.2) is 0 Å². The van der Waals surface area contributed by atoms with E-state index in [4.69, 9.17) is 13.9 Å². The summed E-state index contributed by atoms with van der Waals surface area (Å²) in [5, 5.41) is 2.63. The van der Waals surface area contributed by atoms with Crippen molar-refractivity contribution in [1.29, 1.82) is 0 Å². The van der Waals surface area contributed by atoms with E-state index in [1.165, 1.54) is 10.4 Å². The molecule has 2 fully saturated rings. The molecule has 0 aliphatic carbocycles. The molecule has 138 valence electrons. The van der Waals surface area contributed by atoms with Crippen LogP contribution in [-0.4, -0.2) is 33.4 Å². The minimum Gasteiger partial charge on any atom is -0.405 e. The molecule has 2 aromatic rings. The third-order valence-corrected chi connectivity index (χ3v) is 10.5. The van der Waals surface area contributed by atoms with E-state index < -0.39 is 8.32 Å². The van der Waals surface area contributed by atoms with Gasteiger partial charge >= 0.3 is 0 Å². The summed E-state index contributed by atoms with van der Waals surface area (Å²) < 4.78 is 18.5. The summed E-state index contributed by atoms with van der Waals surface area (Å²) in [6.07, 6.45) is 2.56. The molecule has 0 N–H and O–H groups in total. The van der Waals surface area contributed by atoms with Crippen molar-refractivity contribution in [1.82, 2.24) is 0 Å². The van der Waals surface area contributed by atoms with Crippen LogP contribution in [0.4, 0.5) is 0 Å². The molecule has 2 aliphatic rings. The van der Waals surface area contributed by atoms with E-state index in [0.717, 1.165) is 12.8 Å². The second-order valence-corrected chi connectivity index (χ2v) is 12.7. The smallest absolute Gasteiger partial charge is 0.261 e. The summed E-state index contributed by atoms with van der Waals surface area (Å²) in [5.74, 6) is 0. The van der Waals surface area contributed by atoms with Crippen LogP contribution in [0.1, 0.15) is 33.6 Å². The highest BCUT2D eigenvalue weighted by Gasteiger charge is 2.51. The first kappa shape index (κ1) is 17.9. The predicted molar refractivity (Wildman–Crippen MR) is 106 cm³/mol. The first-order valence-corrected chi connectivity index (χ1v) is 11.5. The van der Waals surface area contributed by atoms with E-state index in [9.17, 15) is 0 Å². The van der Waals surface area contributed by atoms with Crippen molar-refractivity contribution in [2.45, 2.75) is 57.1 Å². The monoisotopic (exact) mass is 368 g/mol. The minimum atomic E-state index is -2.46.